The highest BCUT2D eigenvalue weighted by atomic mass is 32.3. The third kappa shape index (κ3) is 6.56. The first kappa shape index (κ1) is 15.2. The van der Waals surface area contributed by atoms with Gasteiger partial charge in [0.05, 0.1) is 0 Å². The third-order valence-corrected chi connectivity index (χ3v) is 2.81. The largest absolute Gasteiger partial charge is 0.445 e. The summed E-state index contributed by atoms with van der Waals surface area (Å²) in [5.74, 6) is -0.651. The zero-order chi connectivity index (χ0) is 14.3. The van der Waals surface area contributed by atoms with Crippen LogP contribution in [-0.2, 0) is 27.3 Å². The van der Waals surface area contributed by atoms with Gasteiger partial charge in [-0.3, -0.25) is 0 Å². The van der Waals surface area contributed by atoms with Gasteiger partial charge >= 0.3 is 16.3 Å². The Morgan fingerprint density at radius 2 is 1.89 bits per heavy atom. The molecule has 104 valence electrons. The molecule has 1 aromatic carbocycles. The van der Waals surface area contributed by atoms with Gasteiger partial charge in [0.2, 0.25) is 0 Å². The second kappa shape index (κ2) is 6.89. The van der Waals surface area contributed by atoms with Crippen LogP contribution in [0.2, 0.25) is 0 Å². The summed E-state index contributed by atoms with van der Waals surface area (Å²) in [6.07, 6.45) is 0.876. The lowest BCUT2D eigenvalue weighted by molar-refractivity contribution is 0.158. The Balaban J connectivity index is 2.48. The molecule has 0 aliphatic heterocycles. The van der Waals surface area contributed by atoms with Gasteiger partial charge in [-0.05, 0) is 11.1 Å². The first-order chi connectivity index (χ1) is 8.90. The SMILES string of the molecule is C=CCOC(=O)NCc1ccc(CS(=O)(=O)F)cc1. The maximum absolute atomic E-state index is 12.4. The molecule has 7 heteroatoms. The normalized spacial score (nSPS) is 10.8. The molecule has 0 spiro atoms. The van der Waals surface area contributed by atoms with Crippen LogP contribution in [0.3, 0.4) is 0 Å². The Labute approximate surface area is 111 Å². The lowest BCUT2D eigenvalue weighted by atomic mass is 10.1. The Bertz CT molecular complexity index is 539. The number of rotatable bonds is 6. The van der Waals surface area contributed by atoms with E-state index in [2.05, 4.69) is 11.9 Å². The molecular weight excluding hydrogens is 273 g/mol. The molecule has 1 amide bonds. The van der Waals surface area contributed by atoms with Gasteiger partial charge in [0.25, 0.3) is 0 Å². The lowest BCUT2D eigenvalue weighted by Gasteiger charge is -2.06. The number of halogens is 1. The number of alkyl carbamates (subject to hydrolysis) is 1. The molecule has 0 heterocycles. The van der Waals surface area contributed by atoms with Crippen molar-refractivity contribution in [1.29, 1.82) is 0 Å². The summed E-state index contributed by atoms with van der Waals surface area (Å²) in [5, 5.41) is 2.50. The van der Waals surface area contributed by atoms with Gasteiger partial charge in [-0.2, -0.15) is 8.42 Å². The maximum atomic E-state index is 12.4. The van der Waals surface area contributed by atoms with E-state index in [0.29, 0.717) is 5.56 Å². The van der Waals surface area contributed by atoms with E-state index in [9.17, 15) is 17.1 Å². The second-order valence-corrected chi connectivity index (χ2v) is 5.11. The summed E-state index contributed by atoms with van der Waals surface area (Å²) in [4.78, 5) is 11.1. The van der Waals surface area contributed by atoms with Crippen molar-refractivity contribution in [3.8, 4) is 0 Å². The van der Waals surface area contributed by atoms with Gasteiger partial charge in [0, 0.05) is 6.54 Å². The number of hydrogen-bond acceptors (Lipinski definition) is 4. The van der Waals surface area contributed by atoms with Crippen LogP contribution in [0.1, 0.15) is 11.1 Å². The smallest absolute Gasteiger partial charge is 0.407 e. The Morgan fingerprint density at radius 1 is 1.32 bits per heavy atom. The molecule has 1 rings (SSSR count). The molecule has 19 heavy (non-hydrogen) atoms. The van der Waals surface area contributed by atoms with E-state index in [1.54, 1.807) is 12.1 Å². The van der Waals surface area contributed by atoms with Gasteiger partial charge in [-0.1, -0.05) is 36.9 Å². The predicted octanol–water partition coefficient (Wildman–Crippen LogP) is 1.90. The van der Waals surface area contributed by atoms with Gasteiger partial charge in [-0.15, -0.1) is 3.89 Å². The maximum Gasteiger partial charge on any atom is 0.407 e. The highest BCUT2D eigenvalue weighted by Gasteiger charge is 2.08. The quantitative estimate of drug-likeness (QED) is 0.640. The van der Waals surface area contributed by atoms with E-state index in [1.165, 1.54) is 18.2 Å². The molecule has 0 atom stereocenters. The zero-order valence-corrected chi connectivity index (χ0v) is 11.0. The summed E-state index contributed by atoms with van der Waals surface area (Å²) in [6.45, 7) is 3.76. The average Bonchev–Trinajstić information content (AvgIpc) is 2.33. The van der Waals surface area contributed by atoms with Crippen molar-refractivity contribution in [1.82, 2.24) is 5.32 Å². The highest BCUT2D eigenvalue weighted by Crippen LogP contribution is 2.09. The van der Waals surface area contributed by atoms with Crippen LogP contribution in [0, 0.1) is 0 Å². The molecule has 0 aliphatic carbocycles. The van der Waals surface area contributed by atoms with Crippen LogP contribution >= 0.6 is 0 Å². The molecule has 0 bridgehead atoms. The molecule has 0 saturated carbocycles. The summed E-state index contributed by atoms with van der Waals surface area (Å²) < 4.78 is 38.0. The first-order valence-electron chi connectivity index (χ1n) is 5.42. The van der Waals surface area contributed by atoms with Crippen LogP contribution in [0.5, 0.6) is 0 Å². The summed E-state index contributed by atoms with van der Waals surface area (Å²) >= 11 is 0. The molecule has 1 aromatic rings. The minimum Gasteiger partial charge on any atom is -0.445 e. The van der Waals surface area contributed by atoms with Crippen molar-refractivity contribution >= 4 is 16.3 Å². The van der Waals surface area contributed by atoms with E-state index < -0.39 is 22.1 Å². The number of benzene rings is 1. The Kier molecular flexibility index (Phi) is 5.50. The minimum atomic E-state index is -4.53. The van der Waals surface area contributed by atoms with Crippen molar-refractivity contribution in [3.63, 3.8) is 0 Å². The fourth-order valence-corrected chi connectivity index (χ4v) is 1.90. The van der Waals surface area contributed by atoms with Gasteiger partial charge in [0.15, 0.2) is 0 Å². The standard InChI is InChI=1S/C12H14FNO4S/c1-2-7-18-12(15)14-8-10-3-5-11(6-4-10)9-19(13,16)17/h2-6H,1,7-9H2,(H,14,15). The third-order valence-electron chi connectivity index (χ3n) is 2.13. The van der Waals surface area contributed by atoms with Crippen LogP contribution in [0.15, 0.2) is 36.9 Å². The van der Waals surface area contributed by atoms with Crippen molar-refractivity contribution in [2.75, 3.05) is 6.61 Å². The van der Waals surface area contributed by atoms with Crippen molar-refractivity contribution in [2.45, 2.75) is 12.3 Å². The topological polar surface area (TPSA) is 72.5 Å². The van der Waals surface area contributed by atoms with E-state index in [4.69, 9.17) is 4.74 Å². The molecule has 0 saturated heterocycles. The minimum absolute atomic E-state index is 0.124. The molecule has 0 unspecified atom stereocenters. The fraction of sp³-hybridized carbons (Fsp3) is 0.250. The van der Waals surface area contributed by atoms with Crippen LogP contribution in [0.25, 0.3) is 0 Å². The number of carbonyl (C=O) groups excluding carboxylic acids is 1. The van der Waals surface area contributed by atoms with Crippen molar-refractivity contribution in [2.24, 2.45) is 0 Å². The number of amides is 1. The van der Waals surface area contributed by atoms with E-state index in [0.717, 1.165) is 5.56 Å². The first-order valence-corrected chi connectivity index (χ1v) is 6.97. The molecule has 1 N–H and O–H groups in total. The number of carbonyl (C=O) groups is 1. The predicted molar refractivity (Wildman–Crippen MR) is 68.6 cm³/mol. The van der Waals surface area contributed by atoms with Crippen LogP contribution < -0.4 is 5.32 Å². The summed E-state index contributed by atoms with van der Waals surface area (Å²) in [6, 6.07) is 6.19. The summed E-state index contributed by atoms with van der Waals surface area (Å²) in [7, 11) is -4.53. The van der Waals surface area contributed by atoms with Crippen molar-refractivity contribution < 1.29 is 21.8 Å². The van der Waals surface area contributed by atoms with Gasteiger partial charge in [0.1, 0.15) is 12.4 Å². The van der Waals surface area contributed by atoms with Gasteiger partial charge in [-0.25, -0.2) is 4.79 Å². The van der Waals surface area contributed by atoms with E-state index in [1.807, 2.05) is 0 Å². The molecular formula is C12H14FNO4S. The number of ether oxygens (including phenoxy) is 1. The fourth-order valence-electron chi connectivity index (χ4n) is 1.31. The second-order valence-electron chi connectivity index (χ2n) is 3.74. The number of hydrogen-bond donors (Lipinski definition) is 1. The molecule has 5 nitrogen and oxygen atoms in total. The van der Waals surface area contributed by atoms with Crippen LogP contribution in [-0.4, -0.2) is 21.1 Å². The zero-order valence-electron chi connectivity index (χ0n) is 10.1. The molecule has 0 radical (unpaired) electrons. The summed E-state index contributed by atoms with van der Waals surface area (Å²) in [5.41, 5.74) is 1.09. The van der Waals surface area contributed by atoms with E-state index >= 15 is 0 Å². The van der Waals surface area contributed by atoms with E-state index in [-0.39, 0.29) is 13.2 Å². The lowest BCUT2D eigenvalue weighted by Crippen LogP contribution is -2.23. The van der Waals surface area contributed by atoms with Crippen molar-refractivity contribution in [3.05, 3.63) is 48.0 Å². The molecule has 0 aliphatic rings. The number of nitrogens with one attached hydrogen (secondary N) is 1. The Morgan fingerprint density at radius 3 is 2.42 bits per heavy atom. The molecule has 0 fully saturated rings. The monoisotopic (exact) mass is 287 g/mol. The van der Waals surface area contributed by atoms with Crippen LogP contribution in [0.4, 0.5) is 8.68 Å². The average molecular weight is 287 g/mol. The Hall–Kier alpha value is -1.89. The molecule has 0 aromatic heterocycles. The highest BCUT2D eigenvalue weighted by molar-refractivity contribution is 7.85. The van der Waals surface area contributed by atoms with Gasteiger partial charge < -0.3 is 10.1 Å².